The summed E-state index contributed by atoms with van der Waals surface area (Å²) in [6, 6.07) is -0.588. The highest BCUT2D eigenvalue weighted by Gasteiger charge is 2.08. The van der Waals surface area contributed by atoms with Crippen LogP contribution in [0.4, 0.5) is 0 Å². The molecule has 0 bridgehead atoms. The van der Waals surface area contributed by atoms with Crippen molar-refractivity contribution >= 4 is 11.9 Å². The highest BCUT2D eigenvalue weighted by Crippen LogP contribution is 1.98. The Morgan fingerprint density at radius 1 is 1.27 bits per heavy atom. The molecule has 0 fully saturated rings. The summed E-state index contributed by atoms with van der Waals surface area (Å²) in [4.78, 5) is 21.8. The van der Waals surface area contributed by atoms with Crippen LogP contribution in [0.25, 0.3) is 0 Å². The molecule has 88 valence electrons. The lowest BCUT2D eigenvalue weighted by atomic mass is 10.2. The van der Waals surface area contributed by atoms with Crippen LogP contribution in [-0.2, 0) is 19.1 Å². The van der Waals surface area contributed by atoms with Gasteiger partial charge in [-0.1, -0.05) is 0 Å². The Labute approximate surface area is 89.9 Å². The van der Waals surface area contributed by atoms with Crippen molar-refractivity contribution in [3.63, 3.8) is 0 Å². The second-order valence-corrected chi connectivity index (χ2v) is 3.22. The topological polar surface area (TPSA) is 78.6 Å². The van der Waals surface area contributed by atoms with Gasteiger partial charge < -0.3 is 15.2 Å². The van der Waals surface area contributed by atoms with Crippen LogP contribution in [0.15, 0.2) is 0 Å². The van der Waals surface area contributed by atoms with Crippen molar-refractivity contribution in [3.8, 4) is 0 Å². The van der Waals surface area contributed by atoms with Gasteiger partial charge >= 0.3 is 11.9 Å². The standard InChI is InChI=1S/C10H19NO4/c1-3-14-9(12)6-4-5-7-15-10(13)8(2)11/h8H,3-7,11H2,1-2H3/t8-/m0/s1. The molecule has 0 saturated heterocycles. The molecule has 0 aliphatic carbocycles. The largest absolute Gasteiger partial charge is 0.466 e. The van der Waals surface area contributed by atoms with E-state index in [9.17, 15) is 9.59 Å². The summed E-state index contributed by atoms with van der Waals surface area (Å²) in [7, 11) is 0. The number of esters is 2. The third kappa shape index (κ3) is 7.93. The SMILES string of the molecule is CCOC(=O)CCCCOC(=O)[C@H](C)N. The average molecular weight is 217 g/mol. The number of carbonyl (C=O) groups is 2. The maximum Gasteiger partial charge on any atom is 0.322 e. The van der Waals surface area contributed by atoms with E-state index in [0.29, 0.717) is 32.5 Å². The minimum atomic E-state index is -0.588. The number of hydrogen-bond donors (Lipinski definition) is 1. The number of ether oxygens (including phenoxy) is 2. The first-order valence-electron chi connectivity index (χ1n) is 5.15. The van der Waals surface area contributed by atoms with E-state index >= 15 is 0 Å². The highest BCUT2D eigenvalue weighted by molar-refractivity contribution is 5.74. The summed E-state index contributed by atoms with van der Waals surface area (Å²) < 4.78 is 9.57. The van der Waals surface area contributed by atoms with E-state index in [-0.39, 0.29) is 5.97 Å². The quantitative estimate of drug-likeness (QED) is 0.499. The molecule has 0 radical (unpaired) electrons. The molecule has 0 aromatic heterocycles. The van der Waals surface area contributed by atoms with Crippen molar-refractivity contribution in [2.45, 2.75) is 39.2 Å². The van der Waals surface area contributed by atoms with Crippen molar-refractivity contribution in [2.75, 3.05) is 13.2 Å². The zero-order valence-electron chi connectivity index (χ0n) is 9.32. The molecule has 0 aliphatic heterocycles. The predicted molar refractivity (Wildman–Crippen MR) is 55.1 cm³/mol. The Balaban J connectivity index is 3.32. The zero-order valence-corrected chi connectivity index (χ0v) is 9.32. The lowest BCUT2D eigenvalue weighted by molar-refractivity contribution is -0.144. The lowest BCUT2D eigenvalue weighted by Gasteiger charge is -2.06. The van der Waals surface area contributed by atoms with Crippen LogP contribution in [-0.4, -0.2) is 31.2 Å². The van der Waals surface area contributed by atoms with E-state index in [1.54, 1.807) is 13.8 Å². The first kappa shape index (κ1) is 13.9. The number of hydrogen-bond acceptors (Lipinski definition) is 5. The van der Waals surface area contributed by atoms with Crippen LogP contribution in [0.5, 0.6) is 0 Å². The van der Waals surface area contributed by atoms with E-state index in [1.165, 1.54) is 0 Å². The lowest BCUT2D eigenvalue weighted by Crippen LogP contribution is -2.28. The molecule has 0 aromatic rings. The summed E-state index contributed by atoms with van der Waals surface area (Å²) in [5.74, 6) is -0.623. The summed E-state index contributed by atoms with van der Waals surface area (Å²) in [5, 5.41) is 0. The normalized spacial score (nSPS) is 11.9. The fourth-order valence-corrected chi connectivity index (χ4v) is 0.909. The van der Waals surface area contributed by atoms with Crippen LogP contribution >= 0.6 is 0 Å². The van der Waals surface area contributed by atoms with E-state index < -0.39 is 12.0 Å². The fraction of sp³-hybridized carbons (Fsp3) is 0.800. The monoisotopic (exact) mass is 217 g/mol. The van der Waals surface area contributed by atoms with E-state index in [4.69, 9.17) is 15.2 Å². The van der Waals surface area contributed by atoms with Crippen molar-refractivity contribution in [3.05, 3.63) is 0 Å². The van der Waals surface area contributed by atoms with Gasteiger partial charge in [0.1, 0.15) is 6.04 Å². The second-order valence-electron chi connectivity index (χ2n) is 3.22. The number of unbranched alkanes of at least 4 members (excludes halogenated alkanes) is 1. The second kappa shape index (κ2) is 8.23. The molecule has 0 spiro atoms. The Bertz CT molecular complexity index is 204. The van der Waals surface area contributed by atoms with Gasteiger partial charge in [-0.25, -0.2) is 0 Å². The molecule has 0 aliphatic rings. The third-order valence-electron chi connectivity index (χ3n) is 1.70. The van der Waals surface area contributed by atoms with Gasteiger partial charge in [0.05, 0.1) is 13.2 Å². The van der Waals surface area contributed by atoms with Crippen molar-refractivity contribution < 1.29 is 19.1 Å². The Hall–Kier alpha value is -1.10. The Morgan fingerprint density at radius 2 is 1.93 bits per heavy atom. The maximum atomic E-state index is 10.9. The molecule has 0 aromatic carbocycles. The molecular weight excluding hydrogens is 198 g/mol. The molecular formula is C10H19NO4. The van der Waals surface area contributed by atoms with Crippen LogP contribution in [0.1, 0.15) is 33.1 Å². The minimum Gasteiger partial charge on any atom is -0.466 e. The summed E-state index contributed by atoms with van der Waals surface area (Å²) in [6.07, 6.45) is 1.67. The van der Waals surface area contributed by atoms with Crippen molar-refractivity contribution in [2.24, 2.45) is 5.73 Å². The van der Waals surface area contributed by atoms with Crippen LogP contribution in [0.2, 0.25) is 0 Å². The van der Waals surface area contributed by atoms with Gasteiger partial charge in [-0.15, -0.1) is 0 Å². The molecule has 0 amide bonds. The number of carbonyl (C=O) groups excluding carboxylic acids is 2. The molecule has 0 unspecified atom stereocenters. The minimum absolute atomic E-state index is 0.212. The molecule has 0 saturated carbocycles. The smallest absolute Gasteiger partial charge is 0.322 e. The molecule has 5 heteroatoms. The van der Waals surface area contributed by atoms with Crippen LogP contribution < -0.4 is 5.73 Å². The Kier molecular flexibility index (Phi) is 7.62. The molecule has 0 rings (SSSR count). The molecule has 0 heterocycles. The van der Waals surface area contributed by atoms with Gasteiger partial charge in [-0.3, -0.25) is 9.59 Å². The van der Waals surface area contributed by atoms with Gasteiger partial charge in [-0.2, -0.15) is 0 Å². The Morgan fingerprint density at radius 3 is 2.47 bits per heavy atom. The van der Waals surface area contributed by atoms with E-state index in [2.05, 4.69) is 0 Å². The van der Waals surface area contributed by atoms with Crippen LogP contribution in [0, 0.1) is 0 Å². The van der Waals surface area contributed by atoms with Gasteiger partial charge in [0.25, 0.3) is 0 Å². The van der Waals surface area contributed by atoms with Crippen molar-refractivity contribution in [1.29, 1.82) is 0 Å². The highest BCUT2D eigenvalue weighted by atomic mass is 16.5. The first-order valence-corrected chi connectivity index (χ1v) is 5.15. The van der Waals surface area contributed by atoms with Crippen molar-refractivity contribution in [1.82, 2.24) is 0 Å². The molecule has 15 heavy (non-hydrogen) atoms. The fourth-order valence-electron chi connectivity index (χ4n) is 0.909. The predicted octanol–water partition coefficient (Wildman–Crippen LogP) is 0.610. The molecule has 2 N–H and O–H groups in total. The average Bonchev–Trinajstić information content (AvgIpc) is 2.17. The first-order chi connectivity index (χ1) is 7.07. The maximum absolute atomic E-state index is 10.9. The van der Waals surface area contributed by atoms with Gasteiger partial charge in [-0.05, 0) is 26.7 Å². The molecule has 1 atom stereocenters. The number of rotatable bonds is 7. The van der Waals surface area contributed by atoms with E-state index in [0.717, 1.165) is 0 Å². The van der Waals surface area contributed by atoms with Gasteiger partial charge in [0, 0.05) is 6.42 Å². The summed E-state index contributed by atoms with van der Waals surface area (Å²) in [5.41, 5.74) is 5.29. The van der Waals surface area contributed by atoms with Gasteiger partial charge in [0.2, 0.25) is 0 Å². The molecule has 5 nitrogen and oxygen atoms in total. The zero-order chi connectivity index (χ0) is 11.7. The third-order valence-corrected chi connectivity index (χ3v) is 1.70. The van der Waals surface area contributed by atoms with E-state index in [1.807, 2.05) is 0 Å². The van der Waals surface area contributed by atoms with Gasteiger partial charge in [0.15, 0.2) is 0 Å². The van der Waals surface area contributed by atoms with Crippen LogP contribution in [0.3, 0.4) is 0 Å². The summed E-state index contributed by atoms with van der Waals surface area (Å²) >= 11 is 0. The number of nitrogens with two attached hydrogens (primary N) is 1. The summed E-state index contributed by atoms with van der Waals surface area (Å²) in [6.45, 7) is 4.04.